The van der Waals surface area contributed by atoms with Crippen LogP contribution in [0.2, 0.25) is 5.02 Å². The van der Waals surface area contributed by atoms with Crippen LogP contribution in [0.25, 0.3) is 0 Å². The quantitative estimate of drug-likeness (QED) is 0.887. The average molecular weight is 330 g/mol. The molecule has 4 nitrogen and oxygen atoms in total. The monoisotopic (exact) mass is 329 g/mol. The molecule has 6 heteroatoms. The molecule has 1 aliphatic heterocycles. The van der Waals surface area contributed by atoms with Crippen molar-refractivity contribution in [2.75, 3.05) is 26.2 Å². The molecule has 1 atom stereocenters. The number of carbonyl (C=O) groups is 1. The SMILES string of the molecule is Cl.O=C(CN1CCNCC1c1ccccc1Cl)NC1CC1. The molecule has 0 aromatic heterocycles. The maximum Gasteiger partial charge on any atom is 0.234 e. The van der Waals surface area contributed by atoms with E-state index in [0.29, 0.717) is 12.6 Å². The number of nitrogens with zero attached hydrogens (tertiary/aromatic N) is 1. The minimum Gasteiger partial charge on any atom is -0.352 e. The molecule has 21 heavy (non-hydrogen) atoms. The third kappa shape index (κ3) is 4.33. The number of piperazine rings is 1. The van der Waals surface area contributed by atoms with Crippen LogP contribution in [-0.4, -0.2) is 43.0 Å². The molecular formula is C15H21Cl2N3O. The van der Waals surface area contributed by atoms with E-state index in [-0.39, 0.29) is 24.4 Å². The van der Waals surface area contributed by atoms with Crippen LogP contribution in [0.3, 0.4) is 0 Å². The van der Waals surface area contributed by atoms with Gasteiger partial charge >= 0.3 is 0 Å². The number of rotatable bonds is 4. The van der Waals surface area contributed by atoms with Gasteiger partial charge in [0, 0.05) is 36.7 Å². The van der Waals surface area contributed by atoms with Crippen LogP contribution in [0.1, 0.15) is 24.4 Å². The molecule has 1 saturated carbocycles. The Hall–Kier alpha value is -0.810. The van der Waals surface area contributed by atoms with Crippen molar-refractivity contribution < 1.29 is 4.79 Å². The minimum absolute atomic E-state index is 0. The third-order valence-corrected chi connectivity index (χ3v) is 4.25. The summed E-state index contributed by atoms with van der Waals surface area (Å²) in [6.45, 7) is 3.07. The van der Waals surface area contributed by atoms with Crippen molar-refractivity contribution in [1.29, 1.82) is 0 Å². The Morgan fingerprint density at radius 2 is 2.14 bits per heavy atom. The zero-order chi connectivity index (χ0) is 13.9. The van der Waals surface area contributed by atoms with Gasteiger partial charge in [-0.2, -0.15) is 0 Å². The minimum atomic E-state index is 0. The smallest absolute Gasteiger partial charge is 0.234 e. The summed E-state index contributed by atoms with van der Waals surface area (Å²) in [6.07, 6.45) is 2.25. The van der Waals surface area contributed by atoms with Gasteiger partial charge in [-0.05, 0) is 24.5 Å². The van der Waals surface area contributed by atoms with Gasteiger partial charge in [-0.3, -0.25) is 9.69 Å². The van der Waals surface area contributed by atoms with Gasteiger partial charge in [-0.1, -0.05) is 29.8 Å². The second kappa shape index (κ2) is 7.45. The number of hydrogen-bond acceptors (Lipinski definition) is 3. The lowest BCUT2D eigenvalue weighted by molar-refractivity contribution is -0.123. The highest BCUT2D eigenvalue weighted by molar-refractivity contribution is 6.31. The van der Waals surface area contributed by atoms with E-state index in [9.17, 15) is 4.79 Å². The average Bonchev–Trinajstić information content (AvgIpc) is 3.24. The lowest BCUT2D eigenvalue weighted by Crippen LogP contribution is -2.49. The molecule has 0 radical (unpaired) electrons. The summed E-state index contributed by atoms with van der Waals surface area (Å²) in [5.41, 5.74) is 1.10. The van der Waals surface area contributed by atoms with Crippen molar-refractivity contribution in [2.24, 2.45) is 0 Å². The van der Waals surface area contributed by atoms with Crippen molar-refractivity contribution in [3.63, 3.8) is 0 Å². The molecule has 3 rings (SSSR count). The Kier molecular flexibility index (Phi) is 5.88. The molecule has 1 heterocycles. The van der Waals surface area contributed by atoms with E-state index in [1.807, 2.05) is 24.3 Å². The van der Waals surface area contributed by atoms with Crippen LogP contribution in [0, 0.1) is 0 Å². The van der Waals surface area contributed by atoms with Gasteiger partial charge in [0.2, 0.25) is 5.91 Å². The Bertz CT molecular complexity index is 494. The first-order valence-electron chi connectivity index (χ1n) is 7.22. The fourth-order valence-corrected chi connectivity index (χ4v) is 2.93. The predicted molar refractivity (Wildman–Crippen MR) is 87.0 cm³/mol. The number of nitrogens with one attached hydrogen (secondary N) is 2. The zero-order valence-corrected chi connectivity index (χ0v) is 13.4. The van der Waals surface area contributed by atoms with Crippen molar-refractivity contribution in [2.45, 2.75) is 24.9 Å². The van der Waals surface area contributed by atoms with E-state index in [1.165, 1.54) is 0 Å². The van der Waals surface area contributed by atoms with E-state index >= 15 is 0 Å². The van der Waals surface area contributed by atoms with Crippen molar-refractivity contribution in [1.82, 2.24) is 15.5 Å². The first-order chi connectivity index (χ1) is 9.74. The molecule has 1 amide bonds. The molecule has 1 aliphatic carbocycles. The molecule has 0 spiro atoms. The highest BCUT2D eigenvalue weighted by Gasteiger charge is 2.29. The lowest BCUT2D eigenvalue weighted by Gasteiger charge is -2.36. The summed E-state index contributed by atoms with van der Waals surface area (Å²) in [6, 6.07) is 8.48. The van der Waals surface area contributed by atoms with Crippen molar-refractivity contribution in [3.8, 4) is 0 Å². The first-order valence-corrected chi connectivity index (χ1v) is 7.60. The van der Waals surface area contributed by atoms with Crippen LogP contribution < -0.4 is 10.6 Å². The number of halogens is 2. The highest BCUT2D eigenvalue weighted by Crippen LogP contribution is 2.28. The summed E-state index contributed by atoms with van der Waals surface area (Å²) in [7, 11) is 0. The fraction of sp³-hybridized carbons (Fsp3) is 0.533. The van der Waals surface area contributed by atoms with E-state index in [1.54, 1.807) is 0 Å². The van der Waals surface area contributed by atoms with E-state index < -0.39 is 0 Å². The molecule has 2 fully saturated rings. The topological polar surface area (TPSA) is 44.4 Å². The van der Waals surface area contributed by atoms with Gasteiger partial charge in [-0.15, -0.1) is 12.4 Å². The van der Waals surface area contributed by atoms with Gasteiger partial charge in [0.05, 0.1) is 6.54 Å². The molecule has 1 aromatic carbocycles. The Labute approximate surface area is 136 Å². The molecule has 1 saturated heterocycles. The summed E-state index contributed by atoms with van der Waals surface area (Å²) in [4.78, 5) is 14.2. The van der Waals surface area contributed by atoms with Gasteiger partial charge in [0.15, 0.2) is 0 Å². The zero-order valence-electron chi connectivity index (χ0n) is 11.8. The summed E-state index contributed by atoms with van der Waals surface area (Å²) < 4.78 is 0. The first kappa shape index (κ1) is 16.6. The van der Waals surface area contributed by atoms with E-state index in [4.69, 9.17) is 11.6 Å². The van der Waals surface area contributed by atoms with Crippen molar-refractivity contribution in [3.05, 3.63) is 34.9 Å². The van der Waals surface area contributed by atoms with Crippen LogP contribution in [0.4, 0.5) is 0 Å². The van der Waals surface area contributed by atoms with Crippen LogP contribution in [0.15, 0.2) is 24.3 Å². The molecule has 1 unspecified atom stereocenters. The summed E-state index contributed by atoms with van der Waals surface area (Å²) in [5.74, 6) is 0.131. The number of carbonyl (C=O) groups excluding carboxylic acids is 1. The summed E-state index contributed by atoms with van der Waals surface area (Å²) in [5, 5.41) is 7.21. The van der Waals surface area contributed by atoms with Gasteiger partial charge in [0.25, 0.3) is 0 Å². The largest absolute Gasteiger partial charge is 0.352 e. The second-order valence-electron chi connectivity index (χ2n) is 5.55. The predicted octanol–water partition coefficient (Wildman–Crippen LogP) is 1.99. The number of amides is 1. The van der Waals surface area contributed by atoms with Crippen molar-refractivity contribution >= 4 is 29.9 Å². The Morgan fingerprint density at radius 1 is 1.38 bits per heavy atom. The summed E-state index contributed by atoms with van der Waals surface area (Å²) >= 11 is 6.30. The number of benzene rings is 1. The molecule has 2 N–H and O–H groups in total. The fourth-order valence-electron chi connectivity index (χ4n) is 2.67. The maximum atomic E-state index is 12.0. The molecular weight excluding hydrogens is 309 g/mol. The third-order valence-electron chi connectivity index (χ3n) is 3.91. The molecule has 0 bridgehead atoms. The van der Waals surface area contributed by atoms with Crippen LogP contribution >= 0.6 is 24.0 Å². The highest BCUT2D eigenvalue weighted by atomic mass is 35.5. The van der Waals surface area contributed by atoms with E-state index in [0.717, 1.165) is 43.1 Å². The normalized spacial score (nSPS) is 22.4. The lowest BCUT2D eigenvalue weighted by atomic mass is 10.0. The maximum absolute atomic E-state index is 12.0. The second-order valence-corrected chi connectivity index (χ2v) is 5.96. The van der Waals surface area contributed by atoms with Gasteiger partial charge in [-0.25, -0.2) is 0 Å². The van der Waals surface area contributed by atoms with Crippen LogP contribution in [-0.2, 0) is 4.79 Å². The Balaban J connectivity index is 0.00000161. The van der Waals surface area contributed by atoms with Crippen LogP contribution in [0.5, 0.6) is 0 Å². The molecule has 2 aliphatic rings. The van der Waals surface area contributed by atoms with E-state index in [2.05, 4.69) is 15.5 Å². The van der Waals surface area contributed by atoms with Gasteiger partial charge < -0.3 is 10.6 Å². The standard InChI is InChI=1S/C15H20ClN3O.ClH/c16-13-4-2-1-3-12(13)14-9-17-7-8-19(14)10-15(20)18-11-5-6-11;/h1-4,11,14,17H,5-10H2,(H,18,20);1H. The Morgan fingerprint density at radius 3 is 2.86 bits per heavy atom. The number of hydrogen-bond donors (Lipinski definition) is 2. The molecule has 116 valence electrons. The van der Waals surface area contributed by atoms with Gasteiger partial charge in [0.1, 0.15) is 0 Å². The molecule has 1 aromatic rings.